The van der Waals surface area contributed by atoms with Gasteiger partial charge in [0.05, 0.1) is 18.4 Å². The molecule has 0 radical (unpaired) electrons. The van der Waals surface area contributed by atoms with Gasteiger partial charge in [-0.05, 0) is 43.2 Å². The first kappa shape index (κ1) is 18.8. The second-order valence-electron chi connectivity index (χ2n) is 6.93. The number of ether oxygens (including phenoxy) is 1. The van der Waals surface area contributed by atoms with Crippen LogP contribution in [-0.2, 0) is 4.79 Å². The van der Waals surface area contributed by atoms with Gasteiger partial charge in [0, 0.05) is 19.0 Å². The van der Waals surface area contributed by atoms with Gasteiger partial charge in [-0.2, -0.15) is 4.98 Å². The minimum Gasteiger partial charge on any atom is -0.497 e. The van der Waals surface area contributed by atoms with Crippen LogP contribution in [0, 0.1) is 5.92 Å². The number of methoxy groups -OCH3 is 1. The minimum absolute atomic E-state index is 0.00149. The van der Waals surface area contributed by atoms with Crippen LogP contribution in [0.2, 0.25) is 0 Å². The molecule has 1 aliphatic rings. The molecule has 0 spiro atoms. The zero-order valence-corrected chi connectivity index (χ0v) is 15.9. The monoisotopic (exact) mass is 395 g/mol. The molecule has 3 aromatic rings. The number of hydrogen-bond acceptors (Lipinski definition) is 6. The summed E-state index contributed by atoms with van der Waals surface area (Å²) in [4.78, 5) is 30.7. The van der Waals surface area contributed by atoms with Crippen molar-refractivity contribution in [3.8, 4) is 5.75 Å². The first-order valence-electron chi connectivity index (χ1n) is 9.38. The largest absolute Gasteiger partial charge is 0.497 e. The summed E-state index contributed by atoms with van der Waals surface area (Å²) >= 11 is 0. The number of nitrogens with zero attached hydrogens (tertiary/aromatic N) is 2. The van der Waals surface area contributed by atoms with Crippen molar-refractivity contribution in [1.82, 2.24) is 4.98 Å². The Morgan fingerprint density at radius 2 is 1.97 bits per heavy atom. The molecule has 0 saturated carbocycles. The number of carboxylic acid groups (broad SMARTS) is 1. The number of fused-ring (bicyclic) bond motifs is 1. The highest BCUT2D eigenvalue weighted by atomic mass is 16.5. The predicted molar refractivity (Wildman–Crippen MR) is 108 cm³/mol. The highest BCUT2D eigenvalue weighted by Gasteiger charge is 2.28. The third-order valence-electron chi connectivity index (χ3n) is 5.13. The number of piperidine rings is 1. The quantitative estimate of drug-likeness (QED) is 0.682. The summed E-state index contributed by atoms with van der Waals surface area (Å²) in [6.07, 6.45) is 1.26. The van der Waals surface area contributed by atoms with Crippen LogP contribution >= 0.6 is 0 Å². The standard InChI is InChI=1S/C21H21N3O5/c1-28-14-6-7-16(15(12-14)20(26)27)22-19(25)13-8-10-24(11-9-13)21-23-17-4-2-3-5-18(17)29-21/h2-7,12-13H,8-11H2,1H3,(H,22,25)(H,26,27). The van der Waals surface area contributed by atoms with Crippen molar-refractivity contribution in [2.75, 3.05) is 30.4 Å². The number of oxazole rings is 1. The highest BCUT2D eigenvalue weighted by Crippen LogP contribution is 2.28. The van der Waals surface area contributed by atoms with E-state index in [2.05, 4.69) is 10.3 Å². The van der Waals surface area contributed by atoms with E-state index in [4.69, 9.17) is 9.15 Å². The SMILES string of the molecule is COc1ccc(NC(=O)C2CCN(c3nc4ccccc4o3)CC2)c(C(=O)O)c1. The third-order valence-corrected chi connectivity index (χ3v) is 5.13. The summed E-state index contributed by atoms with van der Waals surface area (Å²) in [7, 11) is 1.46. The van der Waals surface area contributed by atoms with E-state index in [1.54, 1.807) is 12.1 Å². The number of anilines is 2. The van der Waals surface area contributed by atoms with Crippen LogP contribution in [0.15, 0.2) is 46.9 Å². The molecule has 0 unspecified atom stereocenters. The fraction of sp³-hybridized carbons (Fsp3) is 0.286. The second-order valence-corrected chi connectivity index (χ2v) is 6.93. The Bertz CT molecular complexity index is 1020. The smallest absolute Gasteiger partial charge is 0.337 e. The van der Waals surface area contributed by atoms with E-state index >= 15 is 0 Å². The van der Waals surface area contributed by atoms with Crippen LogP contribution < -0.4 is 15.0 Å². The Morgan fingerprint density at radius 1 is 1.21 bits per heavy atom. The van der Waals surface area contributed by atoms with E-state index in [1.807, 2.05) is 29.2 Å². The van der Waals surface area contributed by atoms with Gasteiger partial charge in [0.25, 0.3) is 6.01 Å². The molecule has 8 heteroatoms. The van der Waals surface area contributed by atoms with E-state index in [-0.39, 0.29) is 23.1 Å². The molecule has 0 bridgehead atoms. The molecule has 8 nitrogen and oxygen atoms in total. The molecule has 1 fully saturated rings. The average Bonchev–Trinajstić information content (AvgIpc) is 3.18. The van der Waals surface area contributed by atoms with Gasteiger partial charge >= 0.3 is 5.97 Å². The molecular formula is C21H21N3O5. The maximum Gasteiger partial charge on any atom is 0.337 e. The molecule has 0 atom stereocenters. The van der Waals surface area contributed by atoms with E-state index in [9.17, 15) is 14.7 Å². The lowest BCUT2D eigenvalue weighted by molar-refractivity contribution is -0.120. The van der Waals surface area contributed by atoms with Gasteiger partial charge in [-0.1, -0.05) is 12.1 Å². The van der Waals surface area contributed by atoms with Gasteiger partial charge in [-0.25, -0.2) is 4.79 Å². The summed E-state index contributed by atoms with van der Waals surface area (Å²) < 4.78 is 10.9. The van der Waals surface area contributed by atoms with Gasteiger partial charge in [0.1, 0.15) is 11.3 Å². The van der Waals surface area contributed by atoms with Crippen LogP contribution in [-0.4, -0.2) is 42.2 Å². The van der Waals surface area contributed by atoms with Crippen LogP contribution in [0.5, 0.6) is 5.75 Å². The van der Waals surface area contributed by atoms with Gasteiger partial charge in [-0.15, -0.1) is 0 Å². The molecule has 4 rings (SSSR count). The number of amides is 1. The molecule has 29 heavy (non-hydrogen) atoms. The summed E-state index contributed by atoms with van der Waals surface area (Å²) in [5.41, 5.74) is 1.82. The van der Waals surface area contributed by atoms with Crippen molar-refractivity contribution in [2.24, 2.45) is 5.92 Å². The van der Waals surface area contributed by atoms with E-state index in [0.29, 0.717) is 37.7 Å². The van der Waals surface area contributed by atoms with Crippen molar-refractivity contribution in [2.45, 2.75) is 12.8 Å². The van der Waals surface area contributed by atoms with Crippen LogP contribution in [0.3, 0.4) is 0 Å². The fourth-order valence-corrected chi connectivity index (χ4v) is 3.50. The normalized spacial score (nSPS) is 14.7. The zero-order chi connectivity index (χ0) is 20.4. The van der Waals surface area contributed by atoms with E-state index in [0.717, 1.165) is 11.1 Å². The maximum atomic E-state index is 12.7. The lowest BCUT2D eigenvalue weighted by Gasteiger charge is -2.30. The Balaban J connectivity index is 1.41. The Labute approximate surface area is 167 Å². The predicted octanol–water partition coefficient (Wildman–Crippen LogP) is 3.39. The number of carbonyl (C=O) groups excluding carboxylic acids is 1. The van der Waals surface area contributed by atoms with E-state index < -0.39 is 5.97 Å². The van der Waals surface area contributed by atoms with Gasteiger partial charge in [0.2, 0.25) is 5.91 Å². The number of nitrogens with one attached hydrogen (secondary N) is 1. The molecule has 2 N–H and O–H groups in total. The number of carbonyl (C=O) groups is 2. The summed E-state index contributed by atoms with van der Waals surface area (Å²) in [6.45, 7) is 1.28. The maximum absolute atomic E-state index is 12.7. The van der Waals surface area contributed by atoms with Crippen molar-refractivity contribution in [3.63, 3.8) is 0 Å². The number of benzene rings is 2. The fourth-order valence-electron chi connectivity index (χ4n) is 3.50. The minimum atomic E-state index is -1.12. The molecule has 1 amide bonds. The van der Waals surface area contributed by atoms with Gasteiger partial charge < -0.3 is 24.5 Å². The van der Waals surface area contributed by atoms with Gasteiger partial charge in [-0.3, -0.25) is 4.79 Å². The van der Waals surface area contributed by atoms with Crippen LogP contribution in [0.4, 0.5) is 11.7 Å². The average molecular weight is 395 g/mol. The van der Waals surface area contributed by atoms with Crippen molar-refractivity contribution in [1.29, 1.82) is 0 Å². The van der Waals surface area contributed by atoms with Crippen molar-refractivity contribution < 1.29 is 23.8 Å². The number of rotatable bonds is 5. The van der Waals surface area contributed by atoms with E-state index in [1.165, 1.54) is 13.2 Å². The lowest BCUT2D eigenvalue weighted by Crippen LogP contribution is -2.38. The molecule has 0 aliphatic carbocycles. The first-order valence-corrected chi connectivity index (χ1v) is 9.38. The number of hydrogen-bond donors (Lipinski definition) is 2. The summed E-state index contributed by atoms with van der Waals surface area (Å²) in [5.74, 6) is -1.09. The third kappa shape index (κ3) is 3.87. The molecule has 150 valence electrons. The molecular weight excluding hydrogens is 374 g/mol. The van der Waals surface area contributed by atoms with Crippen molar-refractivity contribution >= 4 is 34.7 Å². The van der Waals surface area contributed by atoms with Crippen molar-refractivity contribution in [3.05, 3.63) is 48.0 Å². The Hall–Kier alpha value is -3.55. The molecule has 1 aliphatic heterocycles. The molecule has 2 heterocycles. The number of carboxylic acids is 1. The Morgan fingerprint density at radius 3 is 2.66 bits per heavy atom. The molecule has 2 aromatic carbocycles. The van der Waals surface area contributed by atoms with Gasteiger partial charge in [0.15, 0.2) is 5.58 Å². The summed E-state index contributed by atoms with van der Waals surface area (Å²) in [5, 5.41) is 12.2. The van der Waals surface area contributed by atoms with Crippen LogP contribution in [0.1, 0.15) is 23.2 Å². The second kappa shape index (κ2) is 7.83. The number of aromatic carboxylic acids is 1. The Kier molecular flexibility index (Phi) is 5.07. The molecule has 1 aromatic heterocycles. The number of para-hydroxylation sites is 2. The topological polar surface area (TPSA) is 105 Å². The zero-order valence-electron chi connectivity index (χ0n) is 15.9. The summed E-state index contributed by atoms with van der Waals surface area (Å²) in [6, 6.07) is 12.7. The first-order chi connectivity index (χ1) is 14.0. The van der Waals surface area contributed by atoms with Crippen LogP contribution in [0.25, 0.3) is 11.1 Å². The lowest BCUT2D eigenvalue weighted by atomic mass is 9.96. The molecule has 1 saturated heterocycles. The highest BCUT2D eigenvalue weighted by molar-refractivity contribution is 6.01. The number of aromatic nitrogens is 1.